The Morgan fingerprint density at radius 1 is 1.14 bits per heavy atom. The van der Waals surface area contributed by atoms with Gasteiger partial charge in [0.2, 0.25) is 11.8 Å². The third-order valence-electron chi connectivity index (χ3n) is 4.31. The lowest BCUT2D eigenvalue weighted by atomic mass is 10.0. The molecule has 0 radical (unpaired) electrons. The molecular weight excluding hydrogens is 276 g/mol. The maximum Gasteiger partial charge on any atom is 0.223 e. The number of hydrogen-bond donors (Lipinski definition) is 1. The van der Waals surface area contributed by atoms with Crippen molar-refractivity contribution < 1.29 is 4.74 Å². The minimum atomic E-state index is 0.226. The van der Waals surface area contributed by atoms with Gasteiger partial charge >= 0.3 is 0 Å². The van der Waals surface area contributed by atoms with E-state index in [0.29, 0.717) is 11.9 Å². The van der Waals surface area contributed by atoms with Crippen LogP contribution < -0.4 is 10.5 Å². The summed E-state index contributed by atoms with van der Waals surface area (Å²) in [6.07, 6.45) is 2.62. The van der Waals surface area contributed by atoms with E-state index in [0.717, 1.165) is 11.3 Å². The lowest BCUT2D eigenvalue weighted by Crippen LogP contribution is -2.23. The number of anilines is 1. The van der Waals surface area contributed by atoms with Crippen LogP contribution >= 0.6 is 0 Å². The van der Waals surface area contributed by atoms with Crippen molar-refractivity contribution >= 4 is 5.95 Å². The highest BCUT2D eigenvalue weighted by molar-refractivity contribution is 5.61. The Balaban J connectivity index is 1.83. The van der Waals surface area contributed by atoms with Crippen molar-refractivity contribution in [2.24, 2.45) is 0 Å². The number of benzene rings is 1. The van der Waals surface area contributed by atoms with Crippen LogP contribution in [0.25, 0.3) is 11.3 Å². The van der Waals surface area contributed by atoms with Gasteiger partial charge in [0.05, 0.1) is 12.8 Å². The number of hydrogen-bond acceptors (Lipinski definition) is 5. The topological polar surface area (TPSA) is 64.3 Å². The van der Waals surface area contributed by atoms with Gasteiger partial charge in [-0.25, -0.2) is 4.98 Å². The van der Waals surface area contributed by atoms with E-state index in [-0.39, 0.29) is 5.95 Å². The van der Waals surface area contributed by atoms with Gasteiger partial charge in [0.1, 0.15) is 0 Å². The SMILES string of the molecule is COc1cc(-c2ccc(C(C)N3CCCC3)cc2)nc(N)n1. The van der Waals surface area contributed by atoms with Gasteiger partial charge in [-0.2, -0.15) is 4.98 Å². The number of nitrogens with two attached hydrogens (primary N) is 1. The van der Waals surface area contributed by atoms with Crippen LogP contribution in [0.2, 0.25) is 0 Å². The first-order chi connectivity index (χ1) is 10.7. The molecule has 1 aliphatic rings. The molecule has 116 valence electrons. The second-order valence-electron chi connectivity index (χ2n) is 5.69. The molecule has 1 saturated heterocycles. The van der Waals surface area contributed by atoms with Gasteiger partial charge in [0, 0.05) is 17.7 Å². The van der Waals surface area contributed by atoms with Crippen molar-refractivity contribution in [1.82, 2.24) is 14.9 Å². The fourth-order valence-electron chi connectivity index (χ4n) is 2.97. The van der Waals surface area contributed by atoms with Gasteiger partial charge in [-0.05, 0) is 38.4 Å². The van der Waals surface area contributed by atoms with Crippen molar-refractivity contribution in [1.29, 1.82) is 0 Å². The van der Waals surface area contributed by atoms with Crippen LogP contribution in [-0.4, -0.2) is 35.1 Å². The first-order valence-electron chi connectivity index (χ1n) is 7.70. The minimum absolute atomic E-state index is 0.226. The molecule has 0 aliphatic carbocycles. The Bertz CT molecular complexity index is 636. The summed E-state index contributed by atoms with van der Waals surface area (Å²) >= 11 is 0. The Morgan fingerprint density at radius 2 is 1.82 bits per heavy atom. The molecule has 5 nitrogen and oxygen atoms in total. The maximum absolute atomic E-state index is 5.72. The van der Waals surface area contributed by atoms with E-state index in [2.05, 4.69) is 46.1 Å². The molecule has 1 aromatic carbocycles. The second-order valence-corrected chi connectivity index (χ2v) is 5.69. The summed E-state index contributed by atoms with van der Waals surface area (Å²) in [6.45, 7) is 4.66. The van der Waals surface area contributed by atoms with E-state index in [4.69, 9.17) is 10.5 Å². The van der Waals surface area contributed by atoms with Crippen LogP contribution in [0.3, 0.4) is 0 Å². The van der Waals surface area contributed by atoms with Gasteiger partial charge in [-0.15, -0.1) is 0 Å². The van der Waals surface area contributed by atoms with Gasteiger partial charge < -0.3 is 10.5 Å². The number of likely N-dealkylation sites (tertiary alicyclic amines) is 1. The highest BCUT2D eigenvalue weighted by atomic mass is 16.5. The normalized spacial score (nSPS) is 16.6. The standard InChI is InChI=1S/C17H22N4O/c1-12(21-9-3-4-10-21)13-5-7-14(8-6-13)15-11-16(22-2)20-17(18)19-15/h5-8,11-12H,3-4,9-10H2,1-2H3,(H2,18,19,20). The average molecular weight is 298 g/mol. The molecule has 1 atom stereocenters. The Morgan fingerprint density at radius 3 is 2.45 bits per heavy atom. The number of aromatic nitrogens is 2. The lowest BCUT2D eigenvalue weighted by Gasteiger charge is -2.24. The number of ether oxygens (including phenoxy) is 1. The highest BCUT2D eigenvalue weighted by Gasteiger charge is 2.19. The first kappa shape index (κ1) is 14.8. The Hall–Kier alpha value is -2.14. The summed E-state index contributed by atoms with van der Waals surface area (Å²) in [5, 5.41) is 0. The van der Waals surface area contributed by atoms with Crippen LogP contribution in [0, 0.1) is 0 Å². The zero-order valence-corrected chi connectivity index (χ0v) is 13.1. The van der Waals surface area contributed by atoms with Gasteiger partial charge in [-0.3, -0.25) is 4.90 Å². The molecule has 3 rings (SSSR count). The van der Waals surface area contributed by atoms with Crippen LogP contribution in [0.5, 0.6) is 5.88 Å². The molecule has 1 fully saturated rings. The molecule has 0 bridgehead atoms. The van der Waals surface area contributed by atoms with Crippen LogP contribution in [-0.2, 0) is 0 Å². The Labute approximate surface area is 131 Å². The van der Waals surface area contributed by atoms with E-state index in [1.165, 1.54) is 31.5 Å². The molecular formula is C17H22N4O. The van der Waals surface area contributed by atoms with E-state index in [1.807, 2.05) is 0 Å². The summed E-state index contributed by atoms with van der Waals surface area (Å²) in [5.74, 6) is 0.709. The molecule has 0 saturated carbocycles. The third kappa shape index (κ3) is 3.04. The van der Waals surface area contributed by atoms with E-state index in [9.17, 15) is 0 Å². The minimum Gasteiger partial charge on any atom is -0.481 e. The average Bonchev–Trinajstić information content (AvgIpc) is 3.08. The quantitative estimate of drug-likeness (QED) is 0.940. The van der Waals surface area contributed by atoms with Crippen molar-refractivity contribution in [2.75, 3.05) is 25.9 Å². The zero-order chi connectivity index (χ0) is 15.5. The van der Waals surface area contributed by atoms with Crippen molar-refractivity contribution in [3.05, 3.63) is 35.9 Å². The maximum atomic E-state index is 5.72. The smallest absolute Gasteiger partial charge is 0.223 e. The molecule has 1 aliphatic heterocycles. The summed E-state index contributed by atoms with van der Waals surface area (Å²) in [5.41, 5.74) is 8.86. The zero-order valence-electron chi connectivity index (χ0n) is 13.1. The fraction of sp³-hybridized carbons (Fsp3) is 0.412. The summed E-state index contributed by atoms with van der Waals surface area (Å²) in [6, 6.07) is 10.8. The van der Waals surface area contributed by atoms with E-state index < -0.39 is 0 Å². The van der Waals surface area contributed by atoms with Crippen LogP contribution in [0.4, 0.5) is 5.95 Å². The van der Waals surface area contributed by atoms with E-state index >= 15 is 0 Å². The molecule has 2 N–H and O–H groups in total. The van der Waals surface area contributed by atoms with Crippen LogP contribution in [0.1, 0.15) is 31.4 Å². The van der Waals surface area contributed by atoms with Gasteiger partial charge in [0.15, 0.2) is 0 Å². The third-order valence-corrected chi connectivity index (χ3v) is 4.31. The lowest BCUT2D eigenvalue weighted by molar-refractivity contribution is 0.263. The molecule has 2 aromatic rings. The van der Waals surface area contributed by atoms with Crippen molar-refractivity contribution in [3.63, 3.8) is 0 Å². The molecule has 1 unspecified atom stereocenters. The number of nitrogen functional groups attached to an aromatic ring is 1. The molecule has 5 heteroatoms. The summed E-state index contributed by atoms with van der Waals surface area (Å²) < 4.78 is 5.15. The largest absolute Gasteiger partial charge is 0.481 e. The number of methoxy groups -OCH3 is 1. The molecule has 0 amide bonds. The van der Waals surface area contributed by atoms with Crippen molar-refractivity contribution in [2.45, 2.75) is 25.8 Å². The number of nitrogens with zero attached hydrogens (tertiary/aromatic N) is 3. The van der Waals surface area contributed by atoms with Gasteiger partial charge in [-0.1, -0.05) is 24.3 Å². The second kappa shape index (κ2) is 6.32. The Kier molecular flexibility index (Phi) is 4.24. The summed E-state index contributed by atoms with van der Waals surface area (Å²) in [4.78, 5) is 10.8. The van der Waals surface area contributed by atoms with E-state index in [1.54, 1.807) is 13.2 Å². The van der Waals surface area contributed by atoms with Gasteiger partial charge in [0.25, 0.3) is 0 Å². The number of rotatable bonds is 4. The fourth-order valence-corrected chi connectivity index (χ4v) is 2.97. The highest BCUT2D eigenvalue weighted by Crippen LogP contribution is 2.27. The summed E-state index contributed by atoms with van der Waals surface area (Å²) in [7, 11) is 1.58. The molecule has 22 heavy (non-hydrogen) atoms. The molecule has 0 spiro atoms. The predicted octanol–water partition coefficient (Wildman–Crippen LogP) is 2.89. The first-order valence-corrected chi connectivity index (χ1v) is 7.70. The molecule has 2 heterocycles. The molecule has 1 aromatic heterocycles. The monoisotopic (exact) mass is 298 g/mol. The predicted molar refractivity (Wildman–Crippen MR) is 87.7 cm³/mol. The van der Waals surface area contributed by atoms with Crippen molar-refractivity contribution in [3.8, 4) is 17.1 Å². The van der Waals surface area contributed by atoms with Crippen LogP contribution in [0.15, 0.2) is 30.3 Å².